The molecule has 2 unspecified atom stereocenters. The third-order valence-corrected chi connectivity index (χ3v) is 6.94. The van der Waals surface area contributed by atoms with Crippen LogP contribution in [-0.4, -0.2) is 114 Å². The van der Waals surface area contributed by atoms with E-state index in [0.29, 0.717) is 5.56 Å². The van der Waals surface area contributed by atoms with Crippen LogP contribution < -0.4 is 14.2 Å². The van der Waals surface area contributed by atoms with Gasteiger partial charge in [0.1, 0.15) is 71.6 Å². The second kappa shape index (κ2) is 11.7. The second-order valence-electron chi connectivity index (χ2n) is 9.75. The molecule has 40 heavy (non-hydrogen) atoms. The number of hydrogen-bond acceptors (Lipinski definition) is 14. The molecule has 9 N–H and O–H groups in total. The number of aliphatic hydroxyl groups is 7. The van der Waals surface area contributed by atoms with Gasteiger partial charge in [0.05, 0.1) is 19.6 Å². The van der Waals surface area contributed by atoms with Crippen LogP contribution in [0.4, 0.5) is 0 Å². The number of phenolic OH excluding ortho intramolecular Hbond substituents is 2. The third kappa shape index (κ3) is 5.66. The van der Waals surface area contributed by atoms with Gasteiger partial charge >= 0.3 is 0 Å². The summed E-state index contributed by atoms with van der Waals surface area (Å²) in [5, 5.41) is 90.8. The number of hydrogen-bond donors (Lipinski definition) is 9. The SMILES string of the molecule is COc1cc(OC2O[C@H]([C@H](O)[C@@H](O)[C@H](O)[C@@H](C)O)[C@@H](O)[C@H](O)[C@H]2O)cc2c1C(=O)CC(c1ccc(O)c(O)c1)O2. The minimum Gasteiger partial charge on any atom is -0.504 e. The average Bonchev–Trinajstić information content (AvgIpc) is 2.92. The Morgan fingerprint density at radius 2 is 1.62 bits per heavy atom. The van der Waals surface area contributed by atoms with Gasteiger partial charge in [-0.1, -0.05) is 6.07 Å². The number of carbonyl (C=O) groups is 1. The van der Waals surface area contributed by atoms with Gasteiger partial charge in [0.15, 0.2) is 17.3 Å². The topological polar surface area (TPSA) is 236 Å². The molecule has 14 heteroatoms. The number of ether oxygens (including phenoxy) is 4. The molecule has 1 saturated heterocycles. The molecule has 2 heterocycles. The average molecular weight is 569 g/mol. The molecule has 0 amide bonds. The molecule has 0 aliphatic carbocycles. The molecule has 2 aromatic carbocycles. The molecular weight excluding hydrogens is 536 g/mol. The van der Waals surface area contributed by atoms with Crippen LogP contribution in [0.5, 0.6) is 28.7 Å². The van der Waals surface area contributed by atoms with Crippen molar-refractivity contribution in [2.75, 3.05) is 7.11 Å². The molecule has 0 aromatic heterocycles. The van der Waals surface area contributed by atoms with Crippen LogP contribution in [0.3, 0.4) is 0 Å². The quantitative estimate of drug-likeness (QED) is 0.164. The lowest BCUT2D eigenvalue weighted by Gasteiger charge is -2.43. The Bertz CT molecular complexity index is 1220. The first-order valence-electron chi connectivity index (χ1n) is 12.4. The van der Waals surface area contributed by atoms with Gasteiger partial charge in [-0.05, 0) is 24.6 Å². The van der Waals surface area contributed by atoms with Crippen LogP contribution in [0.1, 0.15) is 35.4 Å². The number of aliphatic hydroxyl groups excluding tert-OH is 7. The molecule has 0 bridgehead atoms. The molecule has 2 aliphatic heterocycles. The summed E-state index contributed by atoms with van der Waals surface area (Å²) in [6.07, 6.45) is -17.4. The van der Waals surface area contributed by atoms with Crippen molar-refractivity contribution in [2.24, 2.45) is 0 Å². The molecule has 14 nitrogen and oxygen atoms in total. The summed E-state index contributed by atoms with van der Waals surface area (Å²) in [6, 6.07) is 6.55. The van der Waals surface area contributed by atoms with E-state index in [1.165, 1.54) is 37.4 Å². The zero-order chi connectivity index (χ0) is 29.5. The maximum atomic E-state index is 13.0. The predicted molar refractivity (Wildman–Crippen MR) is 132 cm³/mol. The second-order valence-corrected chi connectivity index (χ2v) is 9.75. The van der Waals surface area contributed by atoms with Gasteiger partial charge in [-0.3, -0.25) is 4.79 Å². The zero-order valence-corrected chi connectivity index (χ0v) is 21.4. The van der Waals surface area contributed by atoms with Gasteiger partial charge in [0, 0.05) is 12.1 Å². The van der Waals surface area contributed by atoms with Crippen LogP contribution >= 0.6 is 0 Å². The van der Waals surface area contributed by atoms with Gasteiger partial charge in [0.25, 0.3) is 0 Å². The number of phenols is 2. The van der Waals surface area contributed by atoms with Crippen LogP contribution in [0.2, 0.25) is 0 Å². The summed E-state index contributed by atoms with van der Waals surface area (Å²) < 4.78 is 22.4. The Kier molecular flexibility index (Phi) is 8.72. The lowest BCUT2D eigenvalue weighted by Crippen LogP contribution is -2.64. The number of aromatic hydroxyl groups is 2. The van der Waals surface area contributed by atoms with Gasteiger partial charge in [-0.25, -0.2) is 0 Å². The van der Waals surface area contributed by atoms with E-state index in [2.05, 4.69) is 0 Å². The van der Waals surface area contributed by atoms with E-state index in [-0.39, 0.29) is 40.8 Å². The van der Waals surface area contributed by atoms with Crippen LogP contribution in [0.25, 0.3) is 0 Å². The predicted octanol–water partition coefficient (Wildman–Crippen LogP) is -1.54. The number of benzene rings is 2. The van der Waals surface area contributed by atoms with E-state index < -0.39 is 67.0 Å². The molecule has 2 aliphatic rings. The van der Waals surface area contributed by atoms with E-state index in [9.17, 15) is 50.8 Å². The molecule has 10 atom stereocenters. The zero-order valence-electron chi connectivity index (χ0n) is 21.4. The lowest BCUT2D eigenvalue weighted by molar-refractivity contribution is -0.298. The molecule has 220 valence electrons. The maximum absolute atomic E-state index is 13.0. The van der Waals surface area contributed by atoms with Crippen molar-refractivity contribution >= 4 is 5.78 Å². The summed E-state index contributed by atoms with van der Waals surface area (Å²) in [7, 11) is 1.30. The number of rotatable bonds is 8. The summed E-state index contributed by atoms with van der Waals surface area (Å²) >= 11 is 0. The van der Waals surface area contributed by atoms with Crippen molar-refractivity contribution in [3.63, 3.8) is 0 Å². The minimum atomic E-state index is -2.02. The fraction of sp³-hybridized carbons (Fsp3) is 0.500. The summed E-state index contributed by atoms with van der Waals surface area (Å²) in [4.78, 5) is 13.0. The molecule has 0 saturated carbocycles. The van der Waals surface area contributed by atoms with Gasteiger partial charge in [-0.15, -0.1) is 0 Å². The van der Waals surface area contributed by atoms with E-state index in [1.807, 2.05) is 0 Å². The maximum Gasteiger partial charge on any atom is 0.229 e. The lowest BCUT2D eigenvalue weighted by atomic mass is 9.90. The highest BCUT2D eigenvalue weighted by molar-refractivity contribution is 6.02. The van der Waals surface area contributed by atoms with Crippen molar-refractivity contribution in [3.8, 4) is 28.7 Å². The fourth-order valence-corrected chi connectivity index (χ4v) is 4.62. The summed E-state index contributed by atoms with van der Waals surface area (Å²) in [6.45, 7) is 1.16. The molecule has 0 spiro atoms. The minimum absolute atomic E-state index is 0.0149. The normalized spacial score (nSPS) is 29.5. The Hall–Kier alpha value is -3.21. The number of fused-ring (bicyclic) bond motifs is 1. The number of Topliss-reactive ketones (excluding diaryl/α,β-unsaturated/α-hetero) is 1. The third-order valence-electron chi connectivity index (χ3n) is 6.94. The van der Waals surface area contributed by atoms with Crippen molar-refractivity contribution < 1.29 is 69.7 Å². The Balaban J connectivity index is 1.60. The number of ketones is 1. The van der Waals surface area contributed by atoms with E-state index in [4.69, 9.17) is 18.9 Å². The molecule has 2 aromatic rings. The van der Waals surface area contributed by atoms with E-state index in [0.717, 1.165) is 6.92 Å². The van der Waals surface area contributed by atoms with Crippen LogP contribution in [0.15, 0.2) is 30.3 Å². The smallest absolute Gasteiger partial charge is 0.229 e. The van der Waals surface area contributed by atoms with Crippen molar-refractivity contribution in [3.05, 3.63) is 41.5 Å². The van der Waals surface area contributed by atoms with Crippen molar-refractivity contribution in [1.82, 2.24) is 0 Å². The molecule has 0 radical (unpaired) electrons. The molecular formula is C26H32O14. The first-order chi connectivity index (χ1) is 18.8. The first-order valence-corrected chi connectivity index (χ1v) is 12.4. The summed E-state index contributed by atoms with van der Waals surface area (Å²) in [5.74, 6) is -1.13. The van der Waals surface area contributed by atoms with E-state index in [1.54, 1.807) is 0 Å². The van der Waals surface area contributed by atoms with Gasteiger partial charge < -0.3 is 64.9 Å². The Morgan fingerprint density at radius 3 is 2.25 bits per heavy atom. The van der Waals surface area contributed by atoms with Crippen LogP contribution in [-0.2, 0) is 4.74 Å². The fourth-order valence-electron chi connectivity index (χ4n) is 4.62. The Labute approximate surface area is 227 Å². The highest BCUT2D eigenvalue weighted by Crippen LogP contribution is 2.44. The van der Waals surface area contributed by atoms with Gasteiger partial charge in [0.2, 0.25) is 6.29 Å². The molecule has 1 fully saturated rings. The highest BCUT2D eigenvalue weighted by atomic mass is 16.7. The summed E-state index contributed by atoms with van der Waals surface area (Å²) in [5.41, 5.74) is 0.496. The largest absolute Gasteiger partial charge is 0.504 e. The first kappa shape index (κ1) is 29.8. The standard InChI is InChI=1S/C26H32O14/c1-9(27)19(31)20(32)22(34)25-23(35)21(33)24(36)26(40-25)38-11-6-16(37-2)18-14(30)8-15(39-17(18)7-11)10-3-4-12(28)13(29)5-10/h3-7,9,15,19-29,31-36H,8H2,1-2H3/t9-,15?,19-,20+,21+,22-,23+,24-,25-,26?/m1/s1. The van der Waals surface area contributed by atoms with E-state index >= 15 is 0 Å². The van der Waals surface area contributed by atoms with Crippen molar-refractivity contribution in [2.45, 2.75) is 74.6 Å². The monoisotopic (exact) mass is 568 g/mol. The number of carbonyl (C=O) groups excluding carboxylic acids is 1. The Morgan fingerprint density at radius 1 is 0.925 bits per heavy atom. The van der Waals surface area contributed by atoms with Gasteiger partial charge in [-0.2, -0.15) is 0 Å². The van der Waals surface area contributed by atoms with Crippen molar-refractivity contribution in [1.29, 1.82) is 0 Å². The van der Waals surface area contributed by atoms with Crippen LogP contribution in [0, 0.1) is 0 Å². The highest BCUT2D eigenvalue weighted by Gasteiger charge is 2.50. The number of methoxy groups -OCH3 is 1. The molecule has 4 rings (SSSR count).